The number of fused-ring (bicyclic) bond motifs is 3. The Morgan fingerprint density at radius 1 is 1.25 bits per heavy atom. The molecule has 1 atom stereocenters. The zero-order valence-electron chi connectivity index (χ0n) is 12.6. The summed E-state index contributed by atoms with van der Waals surface area (Å²) in [7, 11) is 0. The molecule has 1 aliphatic heterocycles. The molecule has 0 aliphatic carbocycles. The van der Waals surface area contributed by atoms with E-state index in [0.29, 0.717) is 11.8 Å². The number of hydrogen-bond acceptors (Lipinski definition) is 2. The molecular formula is C18H21NS. The summed E-state index contributed by atoms with van der Waals surface area (Å²) in [6.45, 7) is 9.02. The van der Waals surface area contributed by atoms with Gasteiger partial charge in [-0.3, -0.25) is 0 Å². The maximum Gasteiger partial charge on any atom is 0.124 e. The fourth-order valence-electron chi connectivity index (χ4n) is 2.99. The summed E-state index contributed by atoms with van der Waals surface area (Å²) in [5.41, 5.74) is 4.05. The minimum absolute atomic E-state index is 0.509. The van der Waals surface area contributed by atoms with Crippen LogP contribution < -0.4 is 0 Å². The van der Waals surface area contributed by atoms with Crippen molar-refractivity contribution in [3.63, 3.8) is 0 Å². The zero-order chi connectivity index (χ0) is 14.3. The van der Waals surface area contributed by atoms with Crippen LogP contribution in [-0.2, 0) is 0 Å². The number of aliphatic imine (C=N–C) groups is 1. The van der Waals surface area contributed by atoms with Crippen LogP contribution in [0.3, 0.4) is 0 Å². The summed E-state index contributed by atoms with van der Waals surface area (Å²) in [5, 5.41) is 2.54. The van der Waals surface area contributed by atoms with E-state index in [4.69, 9.17) is 4.99 Å². The Balaban J connectivity index is 2.30. The van der Waals surface area contributed by atoms with Gasteiger partial charge in [-0.05, 0) is 36.8 Å². The second-order valence-corrected chi connectivity index (χ2v) is 7.02. The first-order chi connectivity index (χ1) is 9.58. The van der Waals surface area contributed by atoms with E-state index in [0.717, 1.165) is 6.42 Å². The highest BCUT2D eigenvalue weighted by atomic mass is 32.1. The lowest BCUT2D eigenvalue weighted by atomic mass is 9.90. The summed E-state index contributed by atoms with van der Waals surface area (Å²) in [6.07, 6.45) is 3.48. The van der Waals surface area contributed by atoms with Gasteiger partial charge < -0.3 is 0 Å². The number of benzene rings is 1. The molecule has 0 saturated heterocycles. The molecule has 0 bridgehead atoms. The van der Waals surface area contributed by atoms with Crippen molar-refractivity contribution in [2.75, 3.05) is 0 Å². The molecule has 0 spiro atoms. The van der Waals surface area contributed by atoms with E-state index in [2.05, 4.69) is 58.0 Å². The molecule has 1 aliphatic rings. The Morgan fingerprint density at radius 3 is 2.75 bits per heavy atom. The van der Waals surface area contributed by atoms with Gasteiger partial charge in [-0.25, -0.2) is 4.99 Å². The fourth-order valence-corrected chi connectivity index (χ4v) is 4.15. The van der Waals surface area contributed by atoms with Crippen molar-refractivity contribution in [2.45, 2.75) is 34.1 Å². The second kappa shape index (κ2) is 5.17. The van der Waals surface area contributed by atoms with Crippen molar-refractivity contribution >= 4 is 37.7 Å². The van der Waals surface area contributed by atoms with Crippen LogP contribution in [-0.4, -0.2) is 5.71 Å². The summed E-state index contributed by atoms with van der Waals surface area (Å²) in [4.78, 5) is 5.06. The van der Waals surface area contributed by atoms with E-state index in [9.17, 15) is 0 Å². The zero-order valence-corrected chi connectivity index (χ0v) is 13.4. The third-order valence-corrected chi connectivity index (χ3v) is 5.14. The lowest BCUT2D eigenvalue weighted by Crippen LogP contribution is -2.17. The normalized spacial score (nSPS) is 24.6. The Hall–Kier alpha value is -1.41. The topological polar surface area (TPSA) is 12.4 Å². The van der Waals surface area contributed by atoms with Crippen molar-refractivity contribution in [3.8, 4) is 0 Å². The van der Waals surface area contributed by atoms with Crippen LogP contribution in [0.25, 0.3) is 15.7 Å². The molecule has 0 fully saturated rings. The third-order valence-electron chi connectivity index (χ3n) is 4.08. The first-order valence-corrected chi connectivity index (χ1v) is 8.16. The maximum atomic E-state index is 5.06. The van der Waals surface area contributed by atoms with Gasteiger partial charge in [0.25, 0.3) is 0 Å². The van der Waals surface area contributed by atoms with Gasteiger partial charge in [0.05, 0.1) is 0 Å². The third kappa shape index (κ3) is 2.22. The molecule has 0 radical (unpaired) electrons. The average Bonchev–Trinajstić information content (AvgIpc) is 2.77. The van der Waals surface area contributed by atoms with Crippen LogP contribution in [0.15, 0.2) is 35.3 Å². The summed E-state index contributed by atoms with van der Waals surface area (Å²) in [6, 6.07) is 8.65. The predicted octanol–water partition coefficient (Wildman–Crippen LogP) is 6.07. The van der Waals surface area contributed by atoms with Crippen molar-refractivity contribution in [1.29, 1.82) is 0 Å². The molecule has 0 saturated carbocycles. The molecule has 3 rings (SSSR count). The predicted molar refractivity (Wildman–Crippen MR) is 91.2 cm³/mol. The highest BCUT2D eigenvalue weighted by Gasteiger charge is 2.20. The van der Waals surface area contributed by atoms with Crippen molar-refractivity contribution in [3.05, 3.63) is 35.9 Å². The van der Waals surface area contributed by atoms with Gasteiger partial charge in [-0.15, -0.1) is 11.3 Å². The summed E-state index contributed by atoms with van der Waals surface area (Å²) >= 11 is 1.82. The Morgan fingerprint density at radius 2 is 2.00 bits per heavy atom. The number of hydrogen-bond donors (Lipinski definition) is 0. The van der Waals surface area contributed by atoms with Gasteiger partial charge in [-0.1, -0.05) is 45.0 Å². The van der Waals surface area contributed by atoms with Gasteiger partial charge in [0.1, 0.15) is 5.00 Å². The highest BCUT2D eigenvalue weighted by Crippen LogP contribution is 2.43. The first-order valence-electron chi connectivity index (χ1n) is 7.35. The molecule has 1 nitrogen and oxygen atoms in total. The number of thiophene rings is 1. The van der Waals surface area contributed by atoms with Gasteiger partial charge >= 0.3 is 0 Å². The van der Waals surface area contributed by atoms with Crippen molar-refractivity contribution < 1.29 is 0 Å². The van der Waals surface area contributed by atoms with E-state index in [1.54, 1.807) is 0 Å². The molecule has 2 heteroatoms. The Bertz CT molecular complexity index is 703. The average molecular weight is 283 g/mol. The SMILES string of the molecule is C/C1=C\CC(C)/C(C(C)C)=N\c2sc3ccccc3c21. The molecule has 20 heavy (non-hydrogen) atoms. The molecule has 1 aromatic heterocycles. The van der Waals surface area contributed by atoms with Crippen LogP contribution in [0.2, 0.25) is 0 Å². The summed E-state index contributed by atoms with van der Waals surface area (Å²) < 4.78 is 1.34. The highest BCUT2D eigenvalue weighted by molar-refractivity contribution is 7.23. The lowest BCUT2D eigenvalue weighted by molar-refractivity contribution is 0.716. The van der Waals surface area contributed by atoms with E-state index in [1.165, 1.54) is 31.9 Å². The summed E-state index contributed by atoms with van der Waals surface area (Å²) in [5.74, 6) is 1.04. The monoisotopic (exact) mass is 283 g/mol. The second-order valence-electron chi connectivity index (χ2n) is 5.99. The molecule has 1 unspecified atom stereocenters. The van der Waals surface area contributed by atoms with Crippen molar-refractivity contribution in [1.82, 2.24) is 0 Å². The molecular weight excluding hydrogens is 262 g/mol. The molecule has 2 aromatic rings. The van der Waals surface area contributed by atoms with Gasteiger partial charge in [0.15, 0.2) is 0 Å². The van der Waals surface area contributed by atoms with E-state index in [-0.39, 0.29) is 0 Å². The Kier molecular flexibility index (Phi) is 3.51. The van der Waals surface area contributed by atoms with Gasteiger partial charge in [0.2, 0.25) is 0 Å². The number of rotatable bonds is 1. The van der Waals surface area contributed by atoms with Gasteiger partial charge in [-0.2, -0.15) is 0 Å². The van der Waals surface area contributed by atoms with Crippen LogP contribution in [0.4, 0.5) is 5.00 Å². The van der Waals surface area contributed by atoms with Crippen LogP contribution in [0.5, 0.6) is 0 Å². The first kappa shape index (κ1) is 13.6. The maximum absolute atomic E-state index is 5.06. The standard InChI is InChI=1S/C18H21NS/c1-11(2)17-13(4)10-9-12(3)16-14-7-5-6-8-15(14)20-18(16)19-17/h5-9,11,13H,10H2,1-4H3/b12-9+,19-17-. The smallest absolute Gasteiger partial charge is 0.124 e. The number of nitrogens with zero attached hydrogens (tertiary/aromatic N) is 1. The molecule has 0 amide bonds. The minimum Gasteiger partial charge on any atom is -0.246 e. The van der Waals surface area contributed by atoms with Crippen molar-refractivity contribution in [2.24, 2.45) is 16.8 Å². The quantitative estimate of drug-likeness (QED) is 0.602. The van der Waals surface area contributed by atoms with E-state index < -0.39 is 0 Å². The van der Waals surface area contributed by atoms with E-state index >= 15 is 0 Å². The van der Waals surface area contributed by atoms with Gasteiger partial charge in [0, 0.05) is 21.4 Å². The lowest BCUT2D eigenvalue weighted by Gasteiger charge is -2.19. The van der Waals surface area contributed by atoms with E-state index in [1.807, 2.05) is 11.3 Å². The molecule has 2 heterocycles. The van der Waals surface area contributed by atoms with Crippen LogP contribution >= 0.6 is 11.3 Å². The van der Waals surface area contributed by atoms with Crippen LogP contribution in [0, 0.1) is 11.8 Å². The fraction of sp³-hybridized carbons (Fsp3) is 0.389. The largest absolute Gasteiger partial charge is 0.246 e. The molecule has 1 aromatic carbocycles. The Labute approximate surface area is 125 Å². The number of allylic oxidation sites excluding steroid dienone is 2. The minimum atomic E-state index is 0.509. The van der Waals surface area contributed by atoms with Crippen LogP contribution in [0.1, 0.15) is 39.7 Å². The molecule has 0 N–H and O–H groups in total. The molecule has 104 valence electrons.